The van der Waals surface area contributed by atoms with Crippen LogP contribution >= 0.6 is 0 Å². The molecular weight excluding hydrogens is 236 g/mol. The third-order valence-electron chi connectivity index (χ3n) is 3.67. The van der Waals surface area contributed by atoms with E-state index in [1.54, 1.807) is 6.20 Å². The van der Waals surface area contributed by atoms with Crippen LogP contribution in [0.1, 0.15) is 37.6 Å². The van der Waals surface area contributed by atoms with Gasteiger partial charge in [-0.1, -0.05) is 37.3 Å². The molecule has 0 aliphatic carbocycles. The molecule has 1 aromatic carbocycles. The number of benzene rings is 1. The molecule has 3 nitrogen and oxygen atoms in total. The van der Waals surface area contributed by atoms with Crippen molar-refractivity contribution in [1.82, 2.24) is 9.55 Å². The Morgan fingerprint density at radius 1 is 1.21 bits per heavy atom. The van der Waals surface area contributed by atoms with Gasteiger partial charge >= 0.3 is 0 Å². The fourth-order valence-electron chi connectivity index (χ4n) is 2.58. The van der Waals surface area contributed by atoms with E-state index < -0.39 is 0 Å². The number of nitrogens with zero attached hydrogens (tertiary/aromatic N) is 2. The Morgan fingerprint density at radius 2 is 1.95 bits per heavy atom. The minimum absolute atomic E-state index is 0.170. The topological polar surface area (TPSA) is 38.1 Å². The maximum atomic E-state index is 10.5. The number of aromatic nitrogens is 2. The number of hydrogen-bond donors (Lipinski definition) is 1. The van der Waals surface area contributed by atoms with E-state index in [1.807, 2.05) is 24.4 Å². The molecule has 102 valence electrons. The van der Waals surface area contributed by atoms with Crippen molar-refractivity contribution < 1.29 is 5.11 Å². The first-order valence-corrected chi connectivity index (χ1v) is 6.99. The zero-order valence-electron chi connectivity index (χ0n) is 11.7. The lowest BCUT2D eigenvalue weighted by Crippen LogP contribution is -2.22. The minimum Gasteiger partial charge on any atom is -0.392 e. The van der Waals surface area contributed by atoms with Crippen molar-refractivity contribution in [1.29, 1.82) is 0 Å². The van der Waals surface area contributed by atoms with Gasteiger partial charge in [-0.2, -0.15) is 0 Å². The fraction of sp³-hybridized carbons (Fsp3) is 0.438. The molecule has 0 fully saturated rings. The zero-order chi connectivity index (χ0) is 13.7. The SMILES string of the molecule is CCC(c1ccccc1)C(O)Cc1nccn1CC. The molecule has 2 unspecified atom stereocenters. The maximum absolute atomic E-state index is 10.5. The average molecular weight is 258 g/mol. The predicted molar refractivity (Wildman–Crippen MR) is 77.1 cm³/mol. The smallest absolute Gasteiger partial charge is 0.111 e. The number of imidazole rings is 1. The molecule has 2 atom stereocenters. The highest BCUT2D eigenvalue weighted by atomic mass is 16.3. The van der Waals surface area contributed by atoms with E-state index in [-0.39, 0.29) is 12.0 Å². The molecule has 1 aromatic heterocycles. The van der Waals surface area contributed by atoms with E-state index in [1.165, 1.54) is 5.56 Å². The van der Waals surface area contributed by atoms with Crippen molar-refractivity contribution in [2.45, 2.75) is 45.3 Å². The van der Waals surface area contributed by atoms with E-state index in [4.69, 9.17) is 0 Å². The molecular formula is C16H22N2O. The second-order valence-corrected chi connectivity index (χ2v) is 4.83. The fourth-order valence-corrected chi connectivity index (χ4v) is 2.58. The van der Waals surface area contributed by atoms with Crippen LogP contribution in [0.3, 0.4) is 0 Å². The molecule has 1 heterocycles. The average Bonchev–Trinajstić information content (AvgIpc) is 2.88. The van der Waals surface area contributed by atoms with Crippen LogP contribution < -0.4 is 0 Å². The monoisotopic (exact) mass is 258 g/mol. The minimum atomic E-state index is -0.389. The summed E-state index contributed by atoms with van der Waals surface area (Å²) >= 11 is 0. The molecule has 2 rings (SSSR count). The van der Waals surface area contributed by atoms with Gasteiger partial charge in [-0.15, -0.1) is 0 Å². The van der Waals surface area contributed by atoms with Crippen LogP contribution in [0, 0.1) is 0 Å². The molecule has 2 aromatic rings. The normalized spacial score (nSPS) is 14.3. The molecule has 0 amide bonds. The molecule has 0 bridgehead atoms. The lowest BCUT2D eigenvalue weighted by atomic mass is 9.89. The number of hydrogen-bond acceptors (Lipinski definition) is 2. The Bertz CT molecular complexity index is 492. The Morgan fingerprint density at radius 3 is 2.58 bits per heavy atom. The molecule has 1 N–H and O–H groups in total. The maximum Gasteiger partial charge on any atom is 0.111 e. The first-order chi connectivity index (χ1) is 9.26. The molecule has 0 saturated heterocycles. The molecule has 0 aliphatic rings. The quantitative estimate of drug-likeness (QED) is 0.865. The van der Waals surface area contributed by atoms with Crippen LogP contribution in [-0.4, -0.2) is 20.8 Å². The highest BCUT2D eigenvalue weighted by Crippen LogP contribution is 2.25. The Labute approximate surface area is 114 Å². The summed E-state index contributed by atoms with van der Waals surface area (Å²) in [7, 11) is 0. The van der Waals surface area contributed by atoms with Crippen LogP contribution in [0.15, 0.2) is 42.7 Å². The molecule has 0 aliphatic heterocycles. The van der Waals surface area contributed by atoms with Gasteiger partial charge in [0.05, 0.1) is 6.10 Å². The highest BCUT2D eigenvalue weighted by Gasteiger charge is 2.21. The predicted octanol–water partition coefficient (Wildman–Crippen LogP) is 3.00. The number of aliphatic hydroxyl groups is 1. The van der Waals surface area contributed by atoms with E-state index >= 15 is 0 Å². The Kier molecular flexibility index (Phi) is 4.74. The van der Waals surface area contributed by atoms with Gasteiger partial charge in [-0.25, -0.2) is 4.98 Å². The summed E-state index contributed by atoms with van der Waals surface area (Å²) in [6.45, 7) is 5.10. The van der Waals surface area contributed by atoms with Crippen LogP contribution in [0.4, 0.5) is 0 Å². The molecule has 0 saturated carbocycles. The van der Waals surface area contributed by atoms with Crippen molar-refractivity contribution in [3.05, 3.63) is 54.1 Å². The van der Waals surface area contributed by atoms with Crippen LogP contribution in [0.25, 0.3) is 0 Å². The summed E-state index contributed by atoms with van der Waals surface area (Å²) in [6, 6.07) is 10.2. The molecule has 3 heteroatoms. The second kappa shape index (κ2) is 6.53. The lowest BCUT2D eigenvalue weighted by molar-refractivity contribution is 0.137. The summed E-state index contributed by atoms with van der Waals surface area (Å²) in [5.74, 6) is 1.13. The molecule has 0 radical (unpaired) electrons. The third-order valence-corrected chi connectivity index (χ3v) is 3.67. The van der Waals surface area contributed by atoms with Gasteiger partial charge in [0.15, 0.2) is 0 Å². The van der Waals surface area contributed by atoms with Gasteiger partial charge in [-0.05, 0) is 18.9 Å². The van der Waals surface area contributed by atoms with Gasteiger partial charge < -0.3 is 9.67 Å². The van der Waals surface area contributed by atoms with Crippen molar-refractivity contribution >= 4 is 0 Å². The number of aryl methyl sites for hydroxylation is 1. The standard InChI is InChI=1S/C16H22N2O/c1-3-14(13-8-6-5-7-9-13)15(19)12-16-17-10-11-18(16)4-2/h5-11,14-15,19H,3-4,12H2,1-2H3. The lowest BCUT2D eigenvalue weighted by Gasteiger charge is -2.22. The van der Waals surface area contributed by atoms with E-state index in [0.29, 0.717) is 6.42 Å². The van der Waals surface area contributed by atoms with Gasteiger partial charge in [-0.3, -0.25) is 0 Å². The van der Waals surface area contributed by atoms with Crippen molar-refractivity contribution in [2.75, 3.05) is 0 Å². The summed E-state index contributed by atoms with van der Waals surface area (Å²) in [5.41, 5.74) is 1.20. The van der Waals surface area contributed by atoms with Crippen molar-refractivity contribution in [3.8, 4) is 0 Å². The van der Waals surface area contributed by atoms with Gasteiger partial charge in [0.25, 0.3) is 0 Å². The van der Waals surface area contributed by atoms with Gasteiger partial charge in [0.2, 0.25) is 0 Å². The molecule has 0 spiro atoms. The summed E-state index contributed by atoms with van der Waals surface area (Å²) in [4.78, 5) is 4.34. The molecule has 19 heavy (non-hydrogen) atoms. The third kappa shape index (κ3) is 3.24. The van der Waals surface area contributed by atoms with E-state index in [2.05, 4.69) is 35.5 Å². The van der Waals surface area contributed by atoms with E-state index in [0.717, 1.165) is 18.8 Å². The first kappa shape index (κ1) is 13.8. The van der Waals surface area contributed by atoms with Crippen LogP contribution in [0.2, 0.25) is 0 Å². The van der Waals surface area contributed by atoms with Crippen molar-refractivity contribution in [2.24, 2.45) is 0 Å². The van der Waals surface area contributed by atoms with Crippen LogP contribution in [0.5, 0.6) is 0 Å². The van der Waals surface area contributed by atoms with E-state index in [9.17, 15) is 5.11 Å². The Balaban J connectivity index is 2.11. The second-order valence-electron chi connectivity index (χ2n) is 4.83. The summed E-state index contributed by atoms with van der Waals surface area (Å²) in [5, 5.41) is 10.5. The van der Waals surface area contributed by atoms with Gasteiger partial charge in [0, 0.05) is 31.3 Å². The first-order valence-electron chi connectivity index (χ1n) is 6.99. The summed E-state index contributed by atoms with van der Waals surface area (Å²) < 4.78 is 2.08. The van der Waals surface area contributed by atoms with Crippen LogP contribution in [-0.2, 0) is 13.0 Å². The summed E-state index contributed by atoms with van der Waals surface area (Å²) in [6.07, 6.45) is 4.91. The largest absolute Gasteiger partial charge is 0.392 e. The van der Waals surface area contributed by atoms with Crippen molar-refractivity contribution in [3.63, 3.8) is 0 Å². The number of aliphatic hydroxyl groups excluding tert-OH is 1. The highest BCUT2D eigenvalue weighted by molar-refractivity contribution is 5.21. The Hall–Kier alpha value is -1.61. The zero-order valence-corrected chi connectivity index (χ0v) is 11.7. The van der Waals surface area contributed by atoms with Gasteiger partial charge in [0.1, 0.15) is 5.82 Å². The number of rotatable bonds is 6.